The van der Waals surface area contributed by atoms with Crippen molar-refractivity contribution in [3.63, 3.8) is 0 Å². The van der Waals surface area contributed by atoms with E-state index < -0.39 is 0 Å². The first-order chi connectivity index (χ1) is 10.3. The maximum absolute atomic E-state index is 6.02. The van der Waals surface area contributed by atoms with Crippen molar-refractivity contribution >= 4 is 38.7 Å². The van der Waals surface area contributed by atoms with Crippen molar-refractivity contribution < 1.29 is 4.42 Å². The van der Waals surface area contributed by atoms with Crippen LogP contribution in [0.25, 0.3) is 11.0 Å². The molecule has 3 heteroatoms. The minimum absolute atomic E-state index is 0.134. The highest BCUT2D eigenvalue weighted by Crippen LogP contribution is 2.41. The average Bonchev–Trinajstić information content (AvgIpc) is 2.77. The van der Waals surface area contributed by atoms with Crippen LogP contribution < -0.4 is 0 Å². The molecule has 1 aromatic heterocycles. The van der Waals surface area contributed by atoms with Crippen LogP contribution in [0, 0.1) is 6.92 Å². The molecule has 2 aromatic carbocycles. The second-order valence-electron chi connectivity index (χ2n) is 6.58. The summed E-state index contributed by atoms with van der Waals surface area (Å²) in [6, 6.07) is 14.9. The predicted molar refractivity (Wildman–Crippen MR) is 97.9 cm³/mol. The van der Waals surface area contributed by atoms with E-state index in [2.05, 4.69) is 86.1 Å². The zero-order chi connectivity index (χ0) is 15.9. The van der Waals surface area contributed by atoms with Crippen LogP contribution in [0.5, 0.6) is 0 Å². The predicted octanol–water partition coefficient (Wildman–Crippen LogP) is 6.95. The van der Waals surface area contributed by atoms with Crippen LogP contribution in [0.2, 0.25) is 0 Å². The molecule has 0 bridgehead atoms. The van der Waals surface area contributed by atoms with Gasteiger partial charge in [-0.25, -0.2) is 0 Å². The number of furan rings is 1. The van der Waals surface area contributed by atoms with Gasteiger partial charge in [0.2, 0.25) is 0 Å². The van der Waals surface area contributed by atoms with E-state index in [0.29, 0.717) is 0 Å². The molecule has 3 aromatic rings. The van der Waals surface area contributed by atoms with Crippen molar-refractivity contribution in [2.75, 3.05) is 0 Å². The molecule has 3 rings (SSSR count). The Bertz CT molecular complexity index is 810. The molecule has 0 atom stereocenters. The van der Waals surface area contributed by atoms with Gasteiger partial charge >= 0.3 is 0 Å². The molecule has 114 valence electrons. The number of halogens is 1. The molecule has 0 aliphatic carbocycles. The van der Waals surface area contributed by atoms with Crippen LogP contribution in [0.15, 0.2) is 61.3 Å². The topological polar surface area (TPSA) is 13.1 Å². The maximum atomic E-state index is 6.02. The molecule has 0 spiro atoms. The molecule has 22 heavy (non-hydrogen) atoms. The smallest absolute Gasteiger partial charge is 0.180 e. The van der Waals surface area contributed by atoms with Crippen molar-refractivity contribution in [3.05, 3.63) is 58.1 Å². The molecule has 0 unspecified atom stereocenters. The third-order valence-electron chi connectivity index (χ3n) is 3.70. The first-order valence-electron chi connectivity index (χ1n) is 7.31. The summed E-state index contributed by atoms with van der Waals surface area (Å²) >= 11 is 5.36. The van der Waals surface area contributed by atoms with Gasteiger partial charge in [-0.3, -0.25) is 0 Å². The molecule has 0 amide bonds. The van der Waals surface area contributed by atoms with Gasteiger partial charge in [-0.1, -0.05) is 56.3 Å². The van der Waals surface area contributed by atoms with Crippen molar-refractivity contribution in [2.45, 2.75) is 43.1 Å². The van der Waals surface area contributed by atoms with E-state index in [0.717, 1.165) is 20.5 Å². The summed E-state index contributed by atoms with van der Waals surface area (Å²) < 4.78 is 7.06. The highest BCUT2D eigenvalue weighted by Gasteiger charge is 2.18. The quantitative estimate of drug-likeness (QED) is 0.481. The van der Waals surface area contributed by atoms with Gasteiger partial charge in [0.15, 0.2) is 5.09 Å². The molecule has 0 N–H and O–H groups in total. The third-order valence-corrected chi connectivity index (χ3v) is 5.73. The second-order valence-corrected chi connectivity index (χ2v) is 8.42. The Morgan fingerprint density at radius 1 is 1.00 bits per heavy atom. The Morgan fingerprint density at radius 2 is 1.68 bits per heavy atom. The summed E-state index contributed by atoms with van der Waals surface area (Å²) in [7, 11) is 0. The van der Waals surface area contributed by atoms with Crippen LogP contribution in [0.4, 0.5) is 0 Å². The molecule has 0 aliphatic rings. The van der Waals surface area contributed by atoms with Crippen LogP contribution in [0.3, 0.4) is 0 Å². The minimum atomic E-state index is 0.134. The number of hydrogen-bond donors (Lipinski definition) is 0. The van der Waals surface area contributed by atoms with E-state index in [1.807, 2.05) is 0 Å². The van der Waals surface area contributed by atoms with Gasteiger partial charge < -0.3 is 4.42 Å². The first-order valence-corrected chi connectivity index (χ1v) is 8.92. The van der Waals surface area contributed by atoms with E-state index in [4.69, 9.17) is 4.42 Å². The van der Waals surface area contributed by atoms with Gasteiger partial charge in [-0.2, -0.15) is 0 Å². The van der Waals surface area contributed by atoms with Crippen LogP contribution in [0.1, 0.15) is 31.9 Å². The summed E-state index contributed by atoms with van der Waals surface area (Å²) in [5, 5.41) is 2.05. The monoisotopic (exact) mass is 374 g/mol. The molecular weight excluding hydrogens is 356 g/mol. The summed E-state index contributed by atoms with van der Waals surface area (Å²) in [5.41, 5.74) is 3.64. The zero-order valence-corrected chi connectivity index (χ0v) is 15.6. The van der Waals surface area contributed by atoms with Crippen molar-refractivity contribution in [1.82, 2.24) is 0 Å². The third kappa shape index (κ3) is 3.11. The van der Waals surface area contributed by atoms with E-state index in [9.17, 15) is 0 Å². The lowest BCUT2D eigenvalue weighted by molar-refractivity contribution is 0.511. The fourth-order valence-electron chi connectivity index (χ4n) is 2.29. The van der Waals surface area contributed by atoms with Gasteiger partial charge in [0.25, 0.3) is 0 Å². The molecule has 0 saturated carbocycles. The van der Waals surface area contributed by atoms with Crippen LogP contribution >= 0.6 is 27.7 Å². The highest BCUT2D eigenvalue weighted by atomic mass is 79.9. The second kappa shape index (κ2) is 5.78. The molecule has 0 aliphatic heterocycles. The lowest BCUT2D eigenvalue weighted by atomic mass is 9.86. The van der Waals surface area contributed by atoms with Gasteiger partial charge in [0, 0.05) is 10.3 Å². The molecule has 0 fully saturated rings. The van der Waals surface area contributed by atoms with E-state index in [1.165, 1.54) is 16.0 Å². The Hall–Kier alpha value is -1.19. The first kappa shape index (κ1) is 15.7. The van der Waals surface area contributed by atoms with Crippen molar-refractivity contribution in [2.24, 2.45) is 0 Å². The van der Waals surface area contributed by atoms with Crippen molar-refractivity contribution in [1.29, 1.82) is 0 Å². The molecule has 1 nitrogen and oxygen atoms in total. The molecule has 0 radical (unpaired) electrons. The maximum Gasteiger partial charge on any atom is 0.180 e. The van der Waals surface area contributed by atoms with E-state index >= 15 is 0 Å². The Morgan fingerprint density at radius 3 is 2.32 bits per heavy atom. The Labute approximate surface area is 144 Å². The number of aryl methyl sites for hydroxylation is 1. The molecule has 0 saturated heterocycles. The van der Waals surface area contributed by atoms with Crippen LogP contribution in [-0.4, -0.2) is 0 Å². The lowest BCUT2D eigenvalue weighted by Gasteiger charge is -2.18. The highest BCUT2D eigenvalue weighted by molar-refractivity contribution is 9.10. The fourth-order valence-corrected chi connectivity index (χ4v) is 3.74. The van der Waals surface area contributed by atoms with Gasteiger partial charge in [0.05, 0.1) is 4.47 Å². The molecule has 1 heterocycles. The zero-order valence-electron chi connectivity index (χ0n) is 13.2. The normalized spacial score (nSPS) is 12.0. The SMILES string of the molecule is Cc1ccc(Sc2oc3ccc(C(C)(C)C)cc3c2Br)cc1. The Balaban J connectivity index is 2.01. The largest absolute Gasteiger partial charge is 0.448 e. The summed E-state index contributed by atoms with van der Waals surface area (Å²) in [6.45, 7) is 8.78. The van der Waals surface area contributed by atoms with Crippen LogP contribution in [-0.2, 0) is 5.41 Å². The number of rotatable bonds is 2. The summed E-state index contributed by atoms with van der Waals surface area (Å²) in [5.74, 6) is 0. The standard InChI is InChI=1S/C19H19BrOS/c1-12-5-8-14(9-6-12)22-18-17(20)15-11-13(19(2,3)4)7-10-16(15)21-18/h5-11H,1-4H3. The summed E-state index contributed by atoms with van der Waals surface area (Å²) in [6.07, 6.45) is 0. The fraction of sp³-hybridized carbons (Fsp3) is 0.263. The average molecular weight is 375 g/mol. The van der Waals surface area contributed by atoms with Gasteiger partial charge in [0.1, 0.15) is 5.58 Å². The minimum Gasteiger partial charge on any atom is -0.448 e. The summed E-state index contributed by atoms with van der Waals surface area (Å²) in [4.78, 5) is 1.18. The Kier molecular flexibility index (Phi) is 4.13. The number of fused-ring (bicyclic) bond motifs is 1. The van der Waals surface area contributed by atoms with Gasteiger partial charge in [-0.15, -0.1) is 0 Å². The van der Waals surface area contributed by atoms with E-state index in [-0.39, 0.29) is 5.41 Å². The molecular formula is C19H19BrOS. The number of hydrogen-bond acceptors (Lipinski definition) is 2. The van der Waals surface area contributed by atoms with Crippen molar-refractivity contribution in [3.8, 4) is 0 Å². The van der Waals surface area contributed by atoms with E-state index in [1.54, 1.807) is 11.8 Å². The lowest BCUT2D eigenvalue weighted by Crippen LogP contribution is -2.10. The number of benzene rings is 2. The van der Waals surface area contributed by atoms with Gasteiger partial charge in [-0.05, 0) is 58.1 Å².